The lowest BCUT2D eigenvalue weighted by molar-refractivity contribution is 0.174. The van der Waals surface area contributed by atoms with Crippen molar-refractivity contribution in [3.8, 4) is 11.5 Å². The van der Waals surface area contributed by atoms with Crippen molar-refractivity contribution >= 4 is 40.6 Å². The van der Waals surface area contributed by atoms with E-state index in [1.807, 2.05) is 12.1 Å². The summed E-state index contributed by atoms with van der Waals surface area (Å²) in [5.41, 5.74) is 1.65. The quantitative estimate of drug-likeness (QED) is 0.834. The Labute approximate surface area is 161 Å². The van der Waals surface area contributed by atoms with Gasteiger partial charge in [-0.25, -0.2) is 4.79 Å². The van der Waals surface area contributed by atoms with Crippen molar-refractivity contribution in [2.75, 3.05) is 43.2 Å². The maximum absolute atomic E-state index is 12.5. The van der Waals surface area contributed by atoms with E-state index in [1.54, 1.807) is 29.2 Å². The first-order valence-electron chi connectivity index (χ1n) is 8.25. The second kappa shape index (κ2) is 7.13. The Hall–Kier alpha value is -2.31. The van der Waals surface area contributed by atoms with Gasteiger partial charge in [-0.15, -0.1) is 0 Å². The van der Waals surface area contributed by atoms with Crippen LogP contribution in [0.2, 0.25) is 10.0 Å². The average Bonchev–Trinajstić information content (AvgIpc) is 3.09. The van der Waals surface area contributed by atoms with Crippen LogP contribution in [0.3, 0.4) is 0 Å². The lowest BCUT2D eigenvalue weighted by Gasteiger charge is -2.36. The molecule has 0 saturated carbocycles. The number of hydrogen-bond acceptors (Lipinski definition) is 4. The summed E-state index contributed by atoms with van der Waals surface area (Å²) in [4.78, 5) is 16.5. The van der Waals surface area contributed by atoms with E-state index < -0.39 is 0 Å². The fraction of sp³-hybridized carbons (Fsp3) is 0.278. The van der Waals surface area contributed by atoms with Gasteiger partial charge in [-0.1, -0.05) is 23.2 Å². The molecule has 8 heteroatoms. The Kier molecular flexibility index (Phi) is 4.70. The van der Waals surface area contributed by atoms with Crippen LogP contribution in [0.4, 0.5) is 16.2 Å². The number of nitrogens with zero attached hydrogens (tertiary/aromatic N) is 2. The molecule has 0 spiro atoms. The molecule has 2 aliphatic heterocycles. The van der Waals surface area contributed by atoms with Crippen LogP contribution in [0.25, 0.3) is 0 Å². The van der Waals surface area contributed by atoms with Gasteiger partial charge in [0.05, 0.1) is 0 Å². The summed E-state index contributed by atoms with van der Waals surface area (Å²) in [5.74, 6) is 1.34. The van der Waals surface area contributed by atoms with Crippen LogP contribution in [-0.4, -0.2) is 43.9 Å². The largest absolute Gasteiger partial charge is 0.454 e. The Bertz CT molecular complexity index is 818. The van der Waals surface area contributed by atoms with Gasteiger partial charge in [0.2, 0.25) is 6.79 Å². The summed E-state index contributed by atoms with van der Waals surface area (Å²) >= 11 is 12.1. The number of piperazine rings is 1. The third kappa shape index (κ3) is 3.61. The van der Waals surface area contributed by atoms with Crippen molar-refractivity contribution in [3.63, 3.8) is 0 Å². The number of benzene rings is 2. The van der Waals surface area contributed by atoms with E-state index in [1.165, 1.54) is 0 Å². The molecule has 1 N–H and O–H groups in total. The van der Waals surface area contributed by atoms with E-state index in [4.69, 9.17) is 32.7 Å². The highest BCUT2D eigenvalue weighted by molar-refractivity contribution is 6.35. The number of fused-ring (bicyclic) bond motifs is 1. The molecular formula is C18H17Cl2N3O3. The van der Waals surface area contributed by atoms with E-state index >= 15 is 0 Å². The van der Waals surface area contributed by atoms with Crippen LogP contribution in [-0.2, 0) is 0 Å². The number of ether oxygens (including phenoxy) is 2. The Balaban J connectivity index is 1.36. The minimum absolute atomic E-state index is 0.132. The van der Waals surface area contributed by atoms with Crippen molar-refractivity contribution in [2.45, 2.75) is 0 Å². The number of carbonyl (C=O) groups is 1. The van der Waals surface area contributed by atoms with E-state index in [9.17, 15) is 4.79 Å². The Morgan fingerprint density at radius 3 is 2.35 bits per heavy atom. The number of rotatable bonds is 2. The zero-order valence-corrected chi connectivity index (χ0v) is 15.4. The van der Waals surface area contributed by atoms with Crippen LogP contribution in [0.15, 0.2) is 36.4 Å². The fourth-order valence-electron chi connectivity index (χ4n) is 3.07. The lowest BCUT2D eigenvalue weighted by atomic mass is 10.2. The molecule has 2 amide bonds. The number of amides is 2. The van der Waals surface area contributed by atoms with Crippen LogP contribution in [0, 0.1) is 0 Å². The average molecular weight is 394 g/mol. The van der Waals surface area contributed by atoms with Crippen molar-refractivity contribution in [1.29, 1.82) is 0 Å². The zero-order valence-electron chi connectivity index (χ0n) is 13.9. The van der Waals surface area contributed by atoms with Crippen molar-refractivity contribution in [3.05, 3.63) is 46.4 Å². The van der Waals surface area contributed by atoms with Gasteiger partial charge in [0, 0.05) is 53.7 Å². The highest BCUT2D eigenvalue weighted by Gasteiger charge is 2.22. The minimum Gasteiger partial charge on any atom is -0.454 e. The first-order chi connectivity index (χ1) is 12.6. The van der Waals surface area contributed by atoms with Gasteiger partial charge >= 0.3 is 6.03 Å². The molecule has 2 aromatic rings. The van der Waals surface area contributed by atoms with Crippen molar-refractivity contribution in [2.24, 2.45) is 0 Å². The molecule has 26 heavy (non-hydrogen) atoms. The molecule has 0 atom stereocenters. The predicted octanol–water partition coefficient (Wildman–Crippen LogP) is 4.08. The number of hydrogen-bond donors (Lipinski definition) is 1. The molecule has 0 radical (unpaired) electrons. The summed E-state index contributed by atoms with van der Waals surface area (Å²) in [6.45, 7) is 2.86. The molecule has 6 nitrogen and oxygen atoms in total. The first kappa shape index (κ1) is 17.1. The van der Waals surface area contributed by atoms with Gasteiger partial charge in [-0.3, -0.25) is 0 Å². The highest BCUT2D eigenvalue weighted by Crippen LogP contribution is 2.34. The second-order valence-electron chi connectivity index (χ2n) is 6.10. The van der Waals surface area contributed by atoms with Crippen LogP contribution in [0.1, 0.15) is 0 Å². The molecular weight excluding hydrogens is 377 g/mol. The number of halogens is 2. The third-order valence-electron chi connectivity index (χ3n) is 4.40. The predicted molar refractivity (Wildman–Crippen MR) is 102 cm³/mol. The molecule has 2 heterocycles. The molecule has 0 aromatic heterocycles. The van der Waals surface area contributed by atoms with E-state index in [0.29, 0.717) is 53.4 Å². The summed E-state index contributed by atoms with van der Waals surface area (Å²) in [6.07, 6.45) is 0. The van der Waals surface area contributed by atoms with Gasteiger partial charge < -0.3 is 24.6 Å². The number of urea groups is 1. The van der Waals surface area contributed by atoms with Crippen molar-refractivity contribution < 1.29 is 14.3 Å². The molecule has 1 saturated heterocycles. The zero-order chi connectivity index (χ0) is 18.1. The molecule has 2 aromatic carbocycles. The topological polar surface area (TPSA) is 54.0 Å². The SMILES string of the molecule is O=C(Nc1ccc2c(c1)OCO2)N1CCN(c2cc(Cl)cc(Cl)c2)CC1. The number of nitrogens with one attached hydrogen (secondary N) is 1. The summed E-state index contributed by atoms with van der Waals surface area (Å²) in [5, 5.41) is 4.12. The number of anilines is 2. The second-order valence-corrected chi connectivity index (χ2v) is 6.97. The van der Waals surface area contributed by atoms with Crippen molar-refractivity contribution in [1.82, 2.24) is 4.90 Å². The Morgan fingerprint density at radius 1 is 0.923 bits per heavy atom. The highest BCUT2D eigenvalue weighted by atomic mass is 35.5. The minimum atomic E-state index is -0.132. The monoisotopic (exact) mass is 393 g/mol. The normalized spacial score (nSPS) is 15.9. The van der Waals surface area contributed by atoms with Crippen LogP contribution in [0.5, 0.6) is 11.5 Å². The van der Waals surface area contributed by atoms with Crippen LogP contribution < -0.4 is 19.7 Å². The van der Waals surface area contributed by atoms with E-state index in [0.717, 1.165) is 5.69 Å². The molecule has 0 unspecified atom stereocenters. The molecule has 2 aliphatic rings. The fourth-order valence-corrected chi connectivity index (χ4v) is 3.58. The molecule has 1 fully saturated rings. The Morgan fingerprint density at radius 2 is 1.62 bits per heavy atom. The first-order valence-corrected chi connectivity index (χ1v) is 9.01. The van der Waals surface area contributed by atoms with Gasteiger partial charge in [0.25, 0.3) is 0 Å². The molecule has 136 valence electrons. The maximum atomic E-state index is 12.5. The van der Waals surface area contributed by atoms with E-state index in [-0.39, 0.29) is 12.8 Å². The van der Waals surface area contributed by atoms with E-state index in [2.05, 4.69) is 10.2 Å². The van der Waals surface area contributed by atoms with Gasteiger partial charge in [0.1, 0.15) is 0 Å². The lowest BCUT2D eigenvalue weighted by Crippen LogP contribution is -2.50. The summed E-state index contributed by atoms with van der Waals surface area (Å²) < 4.78 is 10.6. The van der Waals surface area contributed by atoms with Gasteiger partial charge in [-0.2, -0.15) is 0 Å². The molecule has 0 bridgehead atoms. The summed E-state index contributed by atoms with van der Waals surface area (Å²) in [7, 11) is 0. The smallest absolute Gasteiger partial charge is 0.321 e. The molecule has 4 rings (SSSR count). The van der Waals surface area contributed by atoms with Gasteiger partial charge in [0.15, 0.2) is 11.5 Å². The summed E-state index contributed by atoms with van der Waals surface area (Å²) in [6, 6.07) is 10.7. The molecule has 0 aliphatic carbocycles. The number of carbonyl (C=O) groups excluding carboxylic acids is 1. The standard InChI is InChI=1S/C18H17Cl2N3O3/c19-12-7-13(20)9-15(8-12)22-3-5-23(6-4-22)18(24)21-14-1-2-16-17(10-14)26-11-25-16/h1-2,7-10H,3-6,11H2,(H,21,24). The third-order valence-corrected chi connectivity index (χ3v) is 4.84. The maximum Gasteiger partial charge on any atom is 0.321 e. The van der Waals surface area contributed by atoms with Gasteiger partial charge in [-0.05, 0) is 30.3 Å². The van der Waals surface area contributed by atoms with Crippen LogP contribution >= 0.6 is 23.2 Å².